The second-order valence-corrected chi connectivity index (χ2v) is 4.40. The number of rotatable bonds is 6. The van der Waals surface area contributed by atoms with Crippen LogP contribution in [0.5, 0.6) is 11.5 Å². The van der Waals surface area contributed by atoms with Gasteiger partial charge in [0.15, 0.2) is 11.5 Å². The van der Waals surface area contributed by atoms with Crippen molar-refractivity contribution in [1.29, 1.82) is 0 Å². The van der Waals surface area contributed by atoms with Crippen molar-refractivity contribution in [2.75, 3.05) is 19.6 Å². The molecule has 2 aromatic rings. The summed E-state index contributed by atoms with van der Waals surface area (Å²) in [5, 5.41) is 15.1. The quantitative estimate of drug-likeness (QED) is 0.502. The Morgan fingerprint density at radius 2 is 1.78 bits per heavy atom. The molecule has 0 amide bonds. The van der Waals surface area contributed by atoms with Crippen molar-refractivity contribution < 1.29 is 18.8 Å². The first-order valence-electron chi connectivity index (χ1n) is 6.50. The third kappa shape index (κ3) is 3.94. The predicted molar refractivity (Wildman–Crippen MR) is 83.8 cm³/mol. The Hall–Kier alpha value is -3.16. The summed E-state index contributed by atoms with van der Waals surface area (Å²) in [4.78, 5) is 10.6. The second kappa shape index (κ2) is 7.21. The molecule has 1 N–H and O–H groups in total. The van der Waals surface area contributed by atoms with E-state index in [1.807, 2.05) is 0 Å². The number of hydrazone groups is 1. The number of nitrogens with one attached hydrogen (secondary N) is 1. The van der Waals surface area contributed by atoms with Gasteiger partial charge < -0.3 is 9.47 Å². The van der Waals surface area contributed by atoms with E-state index in [0.29, 0.717) is 11.4 Å². The van der Waals surface area contributed by atoms with E-state index in [-0.39, 0.29) is 22.8 Å². The molecule has 0 spiro atoms. The average molecular weight is 319 g/mol. The number of benzene rings is 2. The van der Waals surface area contributed by atoms with Crippen LogP contribution in [0, 0.1) is 15.9 Å². The monoisotopic (exact) mass is 319 g/mol. The Morgan fingerprint density at radius 1 is 1.17 bits per heavy atom. The van der Waals surface area contributed by atoms with Crippen LogP contribution in [0.3, 0.4) is 0 Å². The van der Waals surface area contributed by atoms with Gasteiger partial charge in [0.25, 0.3) is 5.69 Å². The maximum Gasteiger partial charge on any atom is 0.282 e. The van der Waals surface area contributed by atoms with Gasteiger partial charge in [0, 0.05) is 0 Å². The van der Waals surface area contributed by atoms with E-state index in [9.17, 15) is 14.5 Å². The van der Waals surface area contributed by atoms with Crippen LogP contribution in [0.25, 0.3) is 0 Å². The smallest absolute Gasteiger partial charge is 0.282 e. The van der Waals surface area contributed by atoms with Crippen LogP contribution in [0.15, 0.2) is 41.5 Å². The molecule has 0 aromatic heterocycles. The molecule has 0 aliphatic heterocycles. The average Bonchev–Trinajstić information content (AvgIpc) is 2.55. The minimum absolute atomic E-state index is 0.174. The van der Waals surface area contributed by atoms with Crippen molar-refractivity contribution in [2.24, 2.45) is 5.10 Å². The van der Waals surface area contributed by atoms with E-state index in [1.54, 1.807) is 0 Å². The number of nitrogens with zero attached hydrogens (tertiary/aromatic N) is 2. The van der Waals surface area contributed by atoms with Crippen LogP contribution in [0.2, 0.25) is 0 Å². The molecule has 0 unspecified atom stereocenters. The molecule has 2 aromatic carbocycles. The molecule has 0 aliphatic rings. The van der Waals surface area contributed by atoms with Gasteiger partial charge in [0.1, 0.15) is 5.82 Å². The van der Waals surface area contributed by atoms with Gasteiger partial charge in [-0.1, -0.05) is 0 Å². The van der Waals surface area contributed by atoms with E-state index in [2.05, 4.69) is 10.5 Å². The van der Waals surface area contributed by atoms with Gasteiger partial charge in [0.05, 0.1) is 42.7 Å². The maximum absolute atomic E-state index is 12.8. The van der Waals surface area contributed by atoms with Crippen molar-refractivity contribution in [1.82, 2.24) is 0 Å². The largest absolute Gasteiger partial charge is 0.493 e. The van der Waals surface area contributed by atoms with Gasteiger partial charge in [-0.05, 0) is 30.3 Å². The van der Waals surface area contributed by atoms with Crippen molar-refractivity contribution in [3.63, 3.8) is 0 Å². The molecule has 120 valence electrons. The lowest BCUT2D eigenvalue weighted by atomic mass is 10.1. The number of anilines is 1. The molecule has 0 aliphatic carbocycles. The highest BCUT2D eigenvalue weighted by Gasteiger charge is 2.18. The van der Waals surface area contributed by atoms with Gasteiger partial charge >= 0.3 is 0 Å². The molecule has 7 nitrogen and oxygen atoms in total. The lowest BCUT2D eigenvalue weighted by molar-refractivity contribution is -0.385. The van der Waals surface area contributed by atoms with Gasteiger partial charge in [0.2, 0.25) is 0 Å². The number of methoxy groups -OCH3 is 2. The Kier molecular flexibility index (Phi) is 5.08. The zero-order valence-corrected chi connectivity index (χ0v) is 12.4. The third-order valence-corrected chi connectivity index (χ3v) is 2.97. The summed E-state index contributed by atoms with van der Waals surface area (Å²) in [5.41, 5.74) is 3.27. The first-order valence-corrected chi connectivity index (χ1v) is 6.50. The van der Waals surface area contributed by atoms with E-state index in [4.69, 9.17) is 9.47 Å². The van der Waals surface area contributed by atoms with E-state index in [1.165, 1.54) is 56.8 Å². The van der Waals surface area contributed by atoms with Crippen LogP contribution in [0.4, 0.5) is 15.8 Å². The second-order valence-electron chi connectivity index (χ2n) is 4.40. The minimum Gasteiger partial charge on any atom is -0.493 e. The van der Waals surface area contributed by atoms with Gasteiger partial charge in [-0.15, -0.1) is 0 Å². The van der Waals surface area contributed by atoms with E-state index >= 15 is 0 Å². The Balaban J connectivity index is 2.28. The summed E-state index contributed by atoms with van der Waals surface area (Å²) >= 11 is 0. The number of ether oxygens (including phenoxy) is 2. The molecule has 0 atom stereocenters. The van der Waals surface area contributed by atoms with Crippen LogP contribution in [-0.4, -0.2) is 25.4 Å². The zero-order valence-electron chi connectivity index (χ0n) is 12.4. The van der Waals surface area contributed by atoms with Crippen LogP contribution >= 0.6 is 0 Å². The molecular weight excluding hydrogens is 305 g/mol. The number of hydrogen-bond donors (Lipinski definition) is 1. The third-order valence-electron chi connectivity index (χ3n) is 2.97. The minimum atomic E-state index is -0.540. The van der Waals surface area contributed by atoms with Crippen LogP contribution < -0.4 is 14.9 Å². The molecule has 0 heterocycles. The fraction of sp³-hybridized carbons (Fsp3) is 0.133. The lowest BCUT2D eigenvalue weighted by Gasteiger charge is -2.08. The van der Waals surface area contributed by atoms with Crippen molar-refractivity contribution in [2.45, 2.75) is 0 Å². The summed E-state index contributed by atoms with van der Waals surface area (Å²) in [6, 6.07) is 8.25. The molecule has 0 saturated heterocycles. The lowest BCUT2D eigenvalue weighted by Crippen LogP contribution is -2.00. The number of nitro benzene ring substituents is 1. The molecule has 23 heavy (non-hydrogen) atoms. The SMILES string of the molecule is COc1cc(C=NNc2ccc(F)cc2)c([N+](=O)[O-])cc1OC. The standard InChI is InChI=1S/C15H14FN3O4/c1-22-14-7-10(13(19(20)21)8-15(14)23-2)9-17-18-12-5-3-11(16)4-6-12/h3-9,18H,1-2H3. The van der Waals surface area contributed by atoms with Crippen LogP contribution in [-0.2, 0) is 0 Å². The van der Waals surface area contributed by atoms with E-state index in [0.717, 1.165) is 0 Å². The molecule has 0 saturated carbocycles. The number of halogens is 1. The fourth-order valence-electron chi connectivity index (χ4n) is 1.85. The topological polar surface area (TPSA) is 86.0 Å². The van der Waals surface area contributed by atoms with Gasteiger partial charge in [-0.3, -0.25) is 15.5 Å². The Labute approximate surface area is 131 Å². The summed E-state index contributed by atoms with van der Waals surface area (Å²) in [6.07, 6.45) is 1.28. The molecule has 2 rings (SSSR count). The van der Waals surface area contributed by atoms with Crippen molar-refractivity contribution in [3.05, 3.63) is 57.9 Å². The predicted octanol–water partition coefficient (Wildman–Crippen LogP) is 3.20. The fourth-order valence-corrected chi connectivity index (χ4v) is 1.85. The number of hydrogen-bond acceptors (Lipinski definition) is 6. The van der Waals surface area contributed by atoms with Crippen LogP contribution in [0.1, 0.15) is 5.56 Å². The molecular formula is C15H14FN3O4. The maximum atomic E-state index is 12.8. The Bertz CT molecular complexity index is 732. The summed E-state index contributed by atoms with van der Waals surface area (Å²) in [7, 11) is 2.83. The molecule has 0 radical (unpaired) electrons. The van der Waals surface area contributed by atoms with Crippen molar-refractivity contribution in [3.8, 4) is 11.5 Å². The zero-order chi connectivity index (χ0) is 16.8. The highest BCUT2D eigenvalue weighted by atomic mass is 19.1. The van der Waals surface area contributed by atoms with Crippen molar-refractivity contribution >= 4 is 17.6 Å². The first kappa shape index (κ1) is 16.2. The number of nitro groups is 1. The summed E-state index contributed by atoms with van der Waals surface area (Å²) in [5.74, 6) is 0.235. The first-order chi connectivity index (χ1) is 11.0. The normalized spacial score (nSPS) is 10.6. The molecule has 0 fully saturated rings. The summed E-state index contributed by atoms with van der Waals surface area (Å²) in [6.45, 7) is 0. The molecule has 8 heteroatoms. The highest BCUT2D eigenvalue weighted by Crippen LogP contribution is 2.33. The van der Waals surface area contributed by atoms with Gasteiger partial charge in [-0.2, -0.15) is 5.10 Å². The highest BCUT2D eigenvalue weighted by molar-refractivity contribution is 5.87. The molecule has 0 bridgehead atoms. The van der Waals surface area contributed by atoms with Gasteiger partial charge in [-0.25, -0.2) is 4.39 Å². The van der Waals surface area contributed by atoms with E-state index < -0.39 is 4.92 Å². The Morgan fingerprint density at radius 3 is 2.35 bits per heavy atom. The summed E-state index contributed by atoms with van der Waals surface area (Å²) < 4.78 is 23.0.